The fourth-order valence-corrected chi connectivity index (χ4v) is 2.40. The largest absolute Gasteiger partial charge is 0.493 e. The van der Waals surface area contributed by atoms with Crippen LogP contribution < -0.4 is 9.47 Å². The van der Waals surface area contributed by atoms with Crippen molar-refractivity contribution >= 4 is 5.97 Å². The Morgan fingerprint density at radius 1 is 1.45 bits per heavy atom. The molecule has 5 heteroatoms. The molecule has 2 unspecified atom stereocenters. The lowest BCUT2D eigenvalue weighted by Crippen LogP contribution is -2.16. The molecule has 1 aromatic rings. The highest BCUT2D eigenvalue weighted by atomic mass is 16.5. The van der Waals surface area contributed by atoms with E-state index in [-0.39, 0.29) is 6.10 Å². The van der Waals surface area contributed by atoms with Crippen LogP contribution in [0.1, 0.15) is 38.0 Å². The van der Waals surface area contributed by atoms with Crippen molar-refractivity contribution in [2.75, 3.05) is 13.2 Å². The molecule has 1 aliphatic rings. The first-order valence-corrected chi connectivity index (χ1v) is 6.87. The molecule has 2 atom stereocenters. The quantitative estimate of drug-likeness (QED) is 0.867. The Labute approximate surface area is 118 Å². The highest BCUT2D eigenvalue weighted by Crippen LogP contribution is 2.38. The molecule has 0 fully saturated rings. The molecular weight excluding hydrogens is 260 g/mol. The van der Waals surface area contributed by atoms with E-state index >= 15 is 0 Å². The molecule has 5 nitrogen and oxygen atoms in total. The normalized spacial score (nSPS) is 18.2. The summed E-state index contributed by atoms with van der Waals surface area (Å²) < 4.78 is 16.6. The molecule has 1 aliphatic heterocycles. The molecule has 0 radical (unpaired) electrons. The monoisotopic (exact) mass is 280 g/mol. The lowest BCUT2D eigenvalue weighted by atomic mass is 10.0. The van der Waals surface area contributed by atoms with Crippen molar-refractivity contribution in [3.63, 3.8) is 0 Å². The van der Waals surface area contributed by atoms with Crippen LogP contribution in [0.3, 0.4) is 0 Å². The molecule has 1 heterocycles. The van der Waals surface area contributed by atoms with E-state index in [2.05, 4.69) is 0 Å². The number of carboxylic acid groups (broad SMARTS) is 1. The maximum absolute atomic E-state index is 11.4. The second kappa shape index (κ2) is 6.13. The van der Waals surface area contributed by atoms with Gasteiger partial charge in [0.25, 0.3) is 0 Å². The molecule has 20 heavy (non-hydrogen) atoms. The summed E-state index contributed by atoms with van der Waals surface area (Å²) in [5, 5.41) is 9.33. The third kappa shape index (κ3) is 2.88. The second-order valence-corrected chi connectivity index (χ2v) is 4.74. The fourth-order valence-electron chi connectivity index (χ4n) is 2.40. The van der Waals surface area contributed by atoms with Crippen LogP contribution in [0.5, 0.6) is 11.5 Å². The minimum atomic E-state index is -1.04. The van der Waals surface area contributed by atoms with Crippen LogP contribution in [0, 0.1) is 0 Å². The third-order valence-corrected chi connectivity index (χ3v) is 3.17. The van der Waals surface area contributed by atoms with E-state index in [1.165, 1.54) is 0 Å². The minimum absolute atomic E-state index is 0.102. The Balaban J connectivity index is 2.44. The van der Waals surface area contributed by atoms with Crippen molar-refractivity contribution in [3.05, 3.63) is 23.3 Å². The number of ether oxygens (including phenoxy) is 3. The lowest BCUT2D eigenvalue weighted by Gasteiger charge is -2.18. The third-order valence-electron chi connectivity index (χ3n) is 3.17. The van der Waals surface area contributed by atoms with Gasteiger partial charge in [-0.25, -0.2) is 4.79 Å². The van der Waals surface area contributed by atoms with Crippen LogP contribution in [-0.4, -0.2) is 30.4 Å². The van der Waals surface area contributed by atoms with Gasteiger partial charge in [-0.2, -0.15) is 0 Å². The minimum Gasteiger partial charge on any atom is -0.493 e. The zero-order valence-electron chi connectivity index (χ0n) is 12.0. The van der Waals surface area contributed by atoms with Gasteiger partial charge in [-0.1, -0.05) is 0 Å². The average molecular weight is 280 g/mol. The topological polar surface area (TPSA) is 65.0 Å². The van der Waals surface area contributed by atoms with E-state index in [9.17, 15) is 9.90 Å². The van der Waals surface area contributed by atoms with E-state index in [1.807, 2.05) is 19.9 Å². The van der Waals surface area contributed by atoms with E-state index < -0.39 is 12.1 Å². The Morgan fingerprint density at radius 2 is 2.20 bits per heavy atom. The summed E-state index contributed by atoms with van der Waals surface area (Å²) >= 11 is 0. The van der Waals surface area contributed by atoms with Crippen molar-refractivity contribution in [1.29, 1.82) is 0 Å². The Morgan fingerprint density at radius 3 is 2.80 bits per heavy atom. The molecule has 110 valence electrons. The number of carboxylic acids is 1. The Hall–Kier alpha value is -1.75. The summed E-state index contributed by atoms with van der Waals surface area (Å²) in [4.78, 5) is 11.4. The summed E-state index contributed by atoms with van der Waals surface area (Å²) in [6.45, 7) is 6.41. The standard InChI is InChI=1S/C15H20O5/c1-4-18-13-7-10-6-9(3)20-12(10)8-11(13)14(15(16)17)19-5-2/h7-9,14H,4-6H2,1-3H3,(H,16,17). The maximum atomic E-state index is 11.4. The van der Waals surface area contributed by atoms with E-state index in [4.69, 9.17) is 14.2 Å². The summed E-state index contributed by atoms with van der Waals surface area (Å²) in [6, 6.07) is 3.60. The van der Waals surface area contributed by atoms with Crippen molar-refractivity contribution in [2.24, 2.45) is 0 Å². The Bertz CT molecular complexity index is 497. The van der Waals surface area contributed by atoms with Gasteiger partial charge in [-0.15, -0.1) is 0 Å². The number of rotatable bonds is 6. The molecule has 0 saturated carbocycles. The molecule has 1 N–H and O–H groups in total. The number of benzene rings is 1. The zero-order valence-corrected chi connectivity index (χ0v) is 12.0. The van der Waals surface area contributed by atoms with Gasteiger partial charge < -0.3 is 19.3 Å². The van der Waals surface area contributed by atoms with Crippen molar-refractivity contribution in [3.8, 4) is 11.5 Å². The first-order valence-electron chi connectivity index (χ1n) is 6.87. The summed E-state index contributed by atoms with van der Waals surface area (Å²) in [6.07, 6.45) is -0.126. The lowest BCUT2D eigenvalue weighted by molar-refractivity contribution is -0.150. The first-order chi connectivity index (χ1) is 9.56. The molecule has 0 bridgehead atoms. The maximum Gasteiger partial charge on any atom is 0.337 e. The molecule has 0 amide bonds. The van der Waals surface area contributed by atoms with Crippen LogP contribution in [0.25, 0.3) is 0 Å². The van der Waals surface area contributed by atoms with Gasteiger partial charge in [0.1, 0.15) is 17.6 Å². The summed E-state index contributed by atoms with van der Waals surface area (Å²) in [5.74, 6) is 0.255. The van der Waals surface area contributed by atoms with Crippen LogP contribution >= 0.6 is 0 Å². The highest BCUT2D eigenvalue weighted by molar-refractivity contribution is 5.76. The molecular formula is C15H20O5. The zero-order chi connectivity index (χ0) is 14.7. The average Bonchev–Trinajstić information content (AvgIpc) is 2.74. The van der Waals surface area contributed by atoms with E-state index in [0.29, 0.717) is 24.5 Å². The predicted molar refractivity (Wildman–Crippen MR) is 73.4 cm³/mol. The van der Waals surface area contributed by atoms with E-state index in [0.717, 1.165) is 17.7 Å². The second-order valence-electron chi connectivity index (χ2n) is 4.74. The van der Waals surface area contributed by atoms with Gasteiger partial charge >= 0.3 is 5.97 Å². The van der Waals surface area contributed by atoms with Gasteiger partial charge in [0.2, 0.25) is 0 Å². The number of hydrogen-bond donors (Lipinski definition) is 1. The molecule has 0 aliphatic carbocycles. The van der Waals surface area contributed by atoms with Gasteiger partial charge in [-0.05, 0) is 32.9 Å². The van der Waals surface area contributed by atoms with Gasteiger partial charge in [-0.3, -0.25) is 0 Å². The summed E-state index contributed by atoms with van der Waals surface area (Å²) in [7, 11) is 0. The van der Waals surface area contributed by atoms with Crippen LogP contribution in [-0.2, 0) is 16.0 Å². The molecule has 0 spiro atoms. The van der Waals surface area contributed by atoms with Crippen LogP contribution in [0.2, 0.25) is 0 Å². The van der Waals surface area contributed by atoms with E-state index in [1.54, 1.807) is 13.0 Å². The Kier molecular flexibility index (Phi) is 4.49. The van der Waals surface area contributed by atoms with Crippen LogP contribution in [0.4, 0.5) is 0 Å². The highest BCUT2D eigenvalue weighted by Gasteiger charge is 2.28. The molecule has 2 rings (SSSR count). The van der Waals surface area contributed by atoms with Crippen LogP contribution in [0.15, 0.2) is 12.1 Å². The molecule has 0 saturated heterocycles. The fraction of sp³-hybridized carbons (Fsp3) is 0.533. The SMILES string of the molecule is CCOc1cc2c(cc1C(OCC)C(=O)O)OC(C)C2. The number of aliphatic carboxylic acids is 1. The van der Waals surface area contributed by atoms with Gasteiger partial charge in [0, 0.05) is 24.2 Å². The van der Waals surface area contributed by atoms with Crippen molar-refractivity contribution < 1.29 is 24.1 Å². The van der Waals surface area contributed by atoms with Gasteiger partial charge in [0.15, 0.2) is 6.10 Å². The first kappa shape index (κ1) is 14.7. The molecule has 0 aromatic heterocycles. The number of hydrogen-bond acceptors (Lipinski definition) is 4. The predicted octanol–water partition coefficient (Wildman–Crippen LogP) is 2.57. The number of carbonyl (C=O) groups is 1. The van der Waals surface area contributed by atoms with Gasteiger partial charge in [0.05, 0.1) is 6.61 Å². The smallest absolute Gasteiger partial charge is 0.337 e. The van der Waals surface area contributed by atoms with Crippen molar-refractivity contribution in [1.82, 2.24) is 0 Å². The van der Waals surface area contributed by atoms with Crippen molar-refractivity contribution in [2.45, 2.75) is 39.4 Å². The molecule has 1 aromatic carbocycles. The number of fused-ring (bicyclic) bond motifs is 1. The summed E-state index contributed by atoms with van der Waals surface area (Å²) in [5.41, 5.74) is 1.55.